The number of rotatable bonds is 4. The van der Waals surface area contributed by atoms with E-state index < -0.39 is 0 Å². The lowest BCUT2D eigenvalue weighted by Gasteiger charge is -2.52. The molecule has 25 heavy (non-hydrogen) atoms. The van der Waals surface area contributed by atoms with Crippen LogP contribution in [0.15, 0.2) is 22.8 Å². The van der Waals surface area contributed by atoms with E-state index in [2.05, 4.69) is 36.7 Å². The summed E-state index contributed by atoms with van der Waals surface area (Å²) >= 11 is 1.99. The number of fused-ring (bicyclic) bond motifs is 2. The minimum atomic E-state index is -0.108. The number of piperidine rings is 1. The summed E-state index contributed by atoms with van der Waals surface area (Å²) in [6.07, 6.45) is 7.79. The first kappa shape index (κ1) is 18.6. The number of hydrogen-bond acceptors (Lipinski definition) is 5. The highest BCUT2D eigenvalue weighted by atomic mass is 32.1. The van der Waals surface area contributed by atoms with Gasteiger partial charge in [0.05, 0.1) is 12.2 Å². The third-order valence-corrected chi connectivity index (χ3v) is 6.99. The fourth-order valence-electron chi connectivity index (χ4n) is 4.33. The molecule has 3 rings (SSSR count). The fraction of sp³-hybridized carbons (Fsp3) is 0.650. The summed E-state index contributed by atoms with van der Waals surface area (Å²) in [7, 11) is 1.79. The largest absolute Gasteiger partial charge is 0.404 e. The van der Waals surface area contributed by atoms with Gasteiger partial charge in [-0.05, 0) is 56.5 Å². The first-order chi connectivity index (χ1) is 11.9. The molecule has 3 heterocycles. The SMILES string of the molecule is CCc1cc2c(s1)CCOC21CCN(CC(C=NC)=CN)C(C)(C)C1. The Hall–Kier alpha value is -1.17. The van der Waals surface area contributed by atoms with Crippen LogP contribution in [-0.4, -0.2) is 43.4 Å². The maximum Gasteiger partial charge on any atom is 0.0971 e. The maximum absolute atomic E-state index is 6.47. The molecule has 2 aliphatic rings. The summed E-state index contributed by atoms with van der Waals surface area (Å²) in [5.41, 5.74) is 8.26. The van der Waals surface area contributed by atoms with Crippen molar-refractivity contribution in [3.63, 3.8) is 0 Å². The molecule has 1 unspecified atom stereocenters. The molecule has 1 atom stereocenters. The Morgan fingerprint density at radius 2 is 2.28 bits per heavy atom. The summed E-state index contributed by atoms with van der Waals surface area (Å²) in [6, 6.07) is 2.42. The molecule has 0 saturated carbocycles. The van der Waals surface area contributed by atoms with Crippen molar-refractivity contribution in [3.8, 4) is 0 Å². The standard InChI is InChI=1S/C20H31N3OS/c1-5-16-10-17-18(25-16)6-9-24-20(17)7-8-23(19(2,3)14-20)13-15(11-21)12-22-4/h10-12H,5-9,13-14,21H2,1-4H3. The molecule has 0 amide bonds. The molecule has 2 N–H and O–H groups in total. The van der Waals surface area contributed by atoms with Crippen LogP contribution in [0.3, 0.4) is 0 Å². The van der Waals surface area contributed by atoms with Gasteiger partial charge in [-0.2, -0.15) is 0 Å². The van der Waals surface area contributed by atoms with Crippen LogP contribution in [0.25, 0.3) is 0 Å². The fourth-order valence-corrected chi connectivity index (χ4v) is 5.51. The van der Waals surface area contributed by atoms with Gasteiger partial charge in [0, 0.05) is 48.1 Å². The molecule has 1 aromatic heterocycles. The summed E-state index contributed by atoms with van der Waals surface area (Å²) in [5, 5.41) is 0. The van der Waals surface area contributed by atoms with E-state index in [4.69, 9.17) is 10.5 Å². The second-order valence-electron chi connectivity index (χ2n) is 7.79. The monoisotopic (exact) mass is 361 g/mol. The molecule has 0 aromatic carbocycles. The van der Waals surface area contributed by atoms with Gasteiger partial charge in [0.1, 0.15) is 0 Å². The first-order valence-corrected chi connectivity index (χ1v) is 10.1. The van der Waals surface area contributed by atoms with Gasteiger partial charge in [-0.3, -0.25) is 9.89 Å². The topological polar surface area (TPSA) is 50.8 Å². The number of thiophene rings is 1. The molecule has 5 heteroatoms. The Labute approximate surface area is 155 Å². The summed E-state index contributed by atoms with van der Waals surface area (Å²) in [5.74, 6) is 0. The third-order valence-electron chi connectivity index (χ3n) is 5.65. The number of nitrogens with two attached hydrogens (primary N) is 1. The van der Waals surface area contributed by atoms with E-state index in [1.165, 1.54) is 10.4 Å². The van der Waals surface area contributed by atoms with Gasteiger partial charge in [0.15, 0.2) is 0 Å². The molecule has 0 radical (unpaired) electrons. The zero-order valence-corrected chi connectivity index (χ0v) is 16.8. The van der Waals surface area contributed by atoms with E-state index in [0.717, 1.165) is 51.0 Å². The molecular weight excluding hydrogens is 330 g/mol. The van der Waals surface area contributed by atoms with Crippen LogP contribution in [0.5, 0.6) is 0 Å². The van der Waals surface area contributed by atoms with Crippen molar-refractivity contribution in [2.75, 3.05) is 26.7 Å². The summed E-state index contributed by atoms with van der Waals surface area (Å²) in [4.78, 5) is 9.68. The highest BCUT2D eigenvalue weighted by Gasteiger charge is 2.48. The van der Waals surface area contributed by atoms with Crippen molar-refractivity contribution in [2.24, 2.45) is 10.7 Å². The quantitative estimate of drug-likeness (QED) is 0.835. The Kier molecular flexibility index (Phi) is 5.37. The third kappa shape index (κ3) is 3.55. The number of likely N-dealkylation sites (tertiary alicyclic amines) is 1. The van der Waals surface area contributed by atoms with Crippen molar-refractivity contribution < 1.29 is 4.74 Å². The molecule has 138 valence electrons. The van der Waals surface area contributed by atoms with Gasteiger partial charge in [-0.15, -0.1) is 11.3 Å². The lowest BCUT2D eigenvalue weighted by molar-refractivity contribution is -0.130. The second-order valence-corrected chi connectivity index (χ2v) is 9.01. The van der Waals surface area contributed by atoms with Crippen LogP contribution in [0.2, 0.25) is 0 Å². The van der Waals surface area contributed by atoms with Crippen molar-refractivity contribution in [1.29, 1.82) is 0 Å². The summed E-state index contributed by atoms with van der Waals surface area (Å²) in [6.45, 7) is 9.61. The molecule has 1 saturated heterocycles. The average molecular weight is 362 g/mol. The molecular formula is C20H31N3OS. The molecule has 4 nitrogen and oxygen atoms in total. The van der Waals surface area contributed by atoms with Gasteiger partial charge < -0.3 is 10.5 Å². The van der Waals surface area contributed by atoms with Crippen LogP contribution in [0.4, 0.5) is 0 Å². The number of ether oxygens (including phenoxy) is 1. The smallest absolute Gasteiger partial charge is 0.0971 e. The van der Waals surface area contributed by atoms with E-state index >= 15 is 0 Å². The van der Waals surface area contributed by atoms with Crippen LogP contribution < -0.4 is 5.73 Å². The number of hydrogen-bond donors (Lipinski definition) is 1. The first-order valence-electron chi connectivity index (χ1n) is 9.28. The number of aliphatic imine (C=N–C) groups is 1. The molecule has 1 aromatic rings. The average Bonchev–Trinajstić information content (AvgIpc) is 3.01. The Morgan fingerprint density at radius 1 is 1.48 bits per heavy atom. The van der Waals surface area contributed by atoms with Crippen LogP contribution in [-0.2, 0) is 23.2 Å². The van der Waals surface area contributed by atoms with Crippen molar-refractivity contribution in [2.45, 2.75) is 57.6 Å². The molecule has 1 fully saturated rings. The van der Waals surface area contributed by atoms with Crippen LogP contribution in [0.1, 0.15) is 48.9 Å². The van der Waals surface area contributed by atoms with Gasteiger partial charge in [-0.1, -0.05) is 6.92 Å². The van der Waals surface area contributed by atoms with E-state index in [9.17, 15) is 0 Å². The number of aryl methyl sites for hydroxylation is 1. The normalized spacial score (nSPS) is 27.1. The van der Waals surface area contributed by atoms with Gasteiger partial charge in [0.2, 0.25) is 0 Å². The van der Waals surface area contributed by atoms with Gasteiger partial charge >= 0.3 is 0 Å². The highest BCUT2D eigenvalue weighted by molar-refractivity contribution is 7.12. The second kappa shape index (κ2) is 7.22. The lowest BCUT2D eigenvalue weighted by atomic mass is 9.74. The molecule has 0 bridgehead atoms. The van der Waals surface area contributed by atoms with Crippen LogP contribution >= 0.6 is 11.3 Å². The highest BCUT2D eigenvalue weighted by Crippen LogP contribution is 2.49. The van der Waals surface area contributed by atoms with Crippen molar-refractivity contribution in [1.82, 2.24) is 4.90 Å². The van der Waals surface area contributed by atoms with E-state index in [1.807, 2.05) is 17.6 Å². The van der Waals surface area contributed by atoms with E-state index in [-0.39, 0.29) is 11.1 Å². The van der Waals surface area contributed by atoms with Crippen LogP contribution in [0, 0.1) is 0 Å². The lowest BCUT2D eigenvalue weighted by Crippen LogP contribution is -2.57. The number of nitrogens with zero attached hydrogens (tertiary/aromatic N) is 2. The Morgan fingerprint density at radius 3 is 2.92 bits per heavy atom. The van der Waals surface area contributed by atoms with E-state index in [0.29, 0.717) is 0 Å². The molecule has 2 aliphatic heterocycles. The van der Waals surface area contributed by atoms with Gasteiger partial charge in [-0.25, -0.2) is 0 Å². The minimum Gasteiger partial charge on any atom is -0.404 e. The molecule has 0 aliphatic carbocycles. The van der Waals surface area contributed by atoms with Gasteiger partial charge in [0.25, 0.3) is 0 Å². The van der Waals surface area contributed by atoms with Crippen molar-refractivity contribution >= 4 is 17.6 Å². The zero-order chi connectivity index (χ0) is 18.1. The van der Waals surface area contributed by atoms with E-state index in [1.54, 1.807) is 18.1 Å². The minimum absolute atomic E-state index is 0.0526. The Bertz CT molecular complexity index is 676. The molecule has 1 spiro atoms. The summed E-state index contributed by atoms with van der Waals surface area (Å²) < 4.78 is 6.47. The predicted molar refractivity (Wildman–Crippen MR) is 107 cm³/mol. The zero-order valence-electron chi connectivity index (χ0n) is 16.0. The Balaban J connectivity index is 1.84. The predicted octanol–water partition coefficient (Wildman–Crippen LogP) is 3.50. The maximum atomic E-state index is 6.47. The van der Waals surface area contributed by atoms with Crippen molar-refractivity contribution in [3.05, 3.63) is 33.2 Å².